The van der Waals surface area contributed by atoms with Crippen LogP contribution < -0.4 is 11.1 Å². The molecular weight excluding hydrogens is 334 g/mol. The smallest absolute Gasteiger partial charge is 0.248 e. The monoisotopic (exact) mass is 365 g/mol. The molecule has 1 aromatic carbocycles. The third-order valence-electron chi connectivity index (χ3n) is 5.64. The predicted molar refractivity (Wildman–Crippen MR) is 110 cm³/mol. The molecule has 0 bridgehead atoms. The summed E-state index contributed by atoms with van der Waals surface area (Å²) in [5, 5.41) is 3.69. The summed E-state index contributed by atoms with van der Waals surface area (Å²) in [5.74, 6) is 0.436. The Morgan fingerprint density at radius 3 is 2.67 bits per heavy atom. The molecule has 0 saturated heterocycles. The number of carbonyl (C=O) groups is 1. The molecule has 1 fully saturated rings. The van der Waals surface area contributed by atoms with Gasteiger partial charge in [-0.25, -0.2) is 0 Å². The van der Waals surface area contributed by atoms with E-state index < -0.39 is 5.91 Å². The molecule has 4 nitrogen and oxygen atoms in total. The van der Waals surface area contributed by atoms with Crippen molar-refractivity contribution in [2.75, 3.05) is 0 Å². The molecule has 0 aliphatic heterocycles. The molecule has 27 heavy (non-hydrogen) atoms. The highest BCUT2D eigenvalue weighted by Gasteiger charge is 2.16. The first kappa shape index (κ1) is 19.6. The van der Waals surface area contributed by atoms with Crippen LogP contribution in [0.15, 0.2) is 42.6 Å². The third kappa shape index (κ3) is 5.64. The molecule has 1 unspecified atom stereocenters. The fourth-order valence-electron chi connectivity index (χ4n) is 4.12. The van der Waals surface area contributed by atoms with Gasteiger partial charge in [-0.05, 0) is 37.0 Å². The Balaban J connectivity index is 1.65. The van der Waals surface area contributed by atoms with Gasteiger partial charge in [-0.2, -0.15) is 0 Å². The Bertz CT molecular complexity index is 751. The SMILES string of the molecule is CC(CC1CCCCCC1)NCc1ccccc1-c1cc(C(N)=O)ccn1. The standard InChI is InChI=1S/C23H31N3O/c1-17(14-18-8-4-2-3-5-9-18)26-16-20-10-6-7-11-21(20)22-15-19(23(24)27)12-13-25-22/h6-7,10-13,15,17-18,26H,2-5,8-9,14,16H2,1H3,(H2,24,27). The maximum atomic E-state index is 11.5. The molecule has 4 heteroatoms. The lowest BCUT2D eigenvalue weighted by molar-refractivity contribution is 0.1000. The molecule has 1 atom stereocenters. The minimum Gasteiger partial charge on any atom is -0.366 e. The van der Waals surface area contributed by atoms with Crippen molar-refractivity contribution in [2.45, 2.75) is 64.5 Å². The maximum absolute atomic E-state index is 11.5. The van der Waals surface area contributed by atoms with Crippen LogP contribution in [0.25, 0.3) is 11.3 Å². The third-order valence-corrected chi connectivity index (χ3v) is 5.64. The van der Waals surface area contributed by atoms with Gasteiger partial charge in [0.25, 0.3) is 0 Å². The largest absolute Gasteiger partial charge is 0.366 e. The minimum absolute atomic E-state index is 0.425. The van der Waals surface area contributed by atoms with E-state index in [0.717, 1.165) is 23.7 Å². The highest BCUT2D eigenvalue weighted by molar-refractivity contribution is 5.93. The molecule has 0 radical (unpaired) electrons. The predicted octanol–water partition coefficient (Wildman–Crippen LogP) is 4.69. The van der Waals surface area contributed by atoms with Crippen molar-refractivity contribution in [3.8, 4) is 11.3 Å². The molecule has 1 aromatic heterocycles. The van der Waals surface area contributed by atoms with Crippen LogP contribution in [0.3, 0.4) is 0 Å². The number of hydrogen-bond acceptors (Lipinski definition) is 3. The molecule has 2 aromatic rings. The molecule has 0 spiro atoms. The summed E-state index contributed by atoms with van der Waals surface area (Å²) >= 11 is 0. The van der Waals surface area contributed by atoms with Crippen molar-refractivity contribution in [1.82, 2.24) is 10.3 Å². The number of primary amides is 1. The summed E-state index contributed by atoms with van der Waals surface area (Å²) in [4.78, 5) is 15.9. The summed E-state index contributed by atoms with van der Waals surface area (Å²) in [6, 6.07) is 12.2. The normalized spacial score (nSPS) is 16.6. The zero-order valence-electron chi connectivity index (χ0n) is 16.3. The fourth-order valence-corrected chi connectivity index (χ4v) is 4.12. The van der Waals surface area contributed by atoms with Gasteiger partial charge in [0.05, 0.1) is 5.69 Å². The van der Waals surface area contributed by atoms with Crippen LogP contribution in [0.4, 0.5) is 0 Å². The first-order valence-electron chi connectivity index (χ1n) is 10.2. The zero-order valence-corrected chi connectivity index (χ0v) is 16.3. The van der Waals surface area contributed by atoms with Crippen LogP contribution >= 0.6 is 0 Å². The van der Waals surface area contributed by atoms with E-state index >= 15 is 0 Å². The first-order chi connectivity index (χ1) is 13.1. The van der Waals surface area contributed by atoms with Crippen molar-refractivity contribution in [3.05, 3.63) is 53.7 Å². The number of nitrogens with one attached hydrogen (secondary N) is 1. The summed E-state index contributed by atoms with van der Waals surface area (Å²) in [7, 11) is 0. The van der Waals surface area contributed by atoms with E-state index in [2.05, 4.69) is 35.4 Å². The van der Waals surface area contributed by atoms with Crippen molar-refractivity contribution in [1.29, 1.82) is 0 Å². The summed E-state index contributed by atoms with van der Waals surface area (Å²) < 4.78 is 0. The van der Waals surface area contributed by atoms with Crippen molar-refractivity contribution in [2.24, 2.45) is 11.7 Å². The van der Waals surface area contributed by atoms with Crippen LogP contribution in [-0.2, 0) is 6.54 Å². The number of carbonyl (C=O) groups excluding carboxylic acids is 1. The van der Waals surface area contributed by atoms with E-state index in [1.807, 2.05) is 6.07 Å². The van der Waals surface area contributed by atoms with E-state index in [1.165, 1.54) is 50.5 Å². The van der Waals surface area contributed by atoms with Gasteiger partial charge in [0.15, 0.2) is 0 Å². The van der Waals surface area contributed by atoms with E-state index in [4.69, 9.17) is 5.73 Å². The lowest BCUT2D eigenvalue weighted by atomic mass is 9.93. The molecular formula is C23H31N3O. The van der Waals surface area contributed by atoms with Crippen LogP contribution in [-0.4, -0.2) is 16.9 Å². The van der Waals surface area contributed by atoms with Gasteiger partial charge in [-0.1, -0.05) is 62.8 Å². The summed E-state index contributed by atoms with van der Waals surface area (Å²) in [5.41, 5.74) is 8.94. The fraction of sp³-hybridized carbons (Fsp3) is 0.478. The molecule has 144 valence electrons. The van der Waals surface area contributed by atoms with Gasteiger partial charge in [-0.15, -0.1) is 0 Å². The lowest BCUT2D eigenvalue weighted by Crippen LogP contribution is -2.28. The number of hydrogen-bond donors (Lipinski definition) is 2. The maximum Gasteiger partial charge on any atom is 0.248 e. The van der Waals surface area contributed by atoms with Crippen LogP contribution in [0.2, 0.25) is 0 Å². The van der Waals surface area contributed by atoms with Crippen molar-refractivity contribution < 1.29 is 4.79 Å². The second-order valence-electron chi connectivity index (χ2n) is 7.83. The number of benzene rings is 1. The van der Waals surface area contributed by atoms with Crippen molar-refractivity contribution >= 4 is 5.91 Å². The number of aromatic nitrogens is 1. The summed E-state index contributed by atoms with van der Waals surface area (Å²) in [6.45, 7) is 3.09. The Morgan fingerprint density at radius 2 is 1.93 bits per heavy atom. The Kier molecular flexibility index (Phi) is 6.99. The number of nitrogens with zero attached hydrogens (tertiary/aromatic N) is 1. The van der Waals surface area contributed by atoms with Crippen LogP contribution in [0.5, 0.6) is 0 Å². The highest BCUT2D eigenvalue weighted by Crippen LogP contribution is 2.27. The van der Waals surface area contributed by atoms with Crippen LogP contribution in [0.1, 0.15) is 67.8 Å². The number of amides is 1. The van der Waals surface area contributed by atoms with E-state index in [1.54, 1.807) is 18.3 Å². The zero-order chi connectivity index (χ0) is 19.1. The average Bonchev–Trinajstić information content (AvgIpc) is 2.95. The molecule has 3 N–H and O–H groups in total. The lowest BCUT2D eigenvalue weighted by Gasteiger charge is -2.21. The van der Waals surface area contributed by atoms with E-state index in [-0.39, 0.29) is 0 Å². The second kappa shape index (κ2) is 9.65. The van der Waals surface area contributed by atoms with Crippen LogP contribution in [0, 0.1) is 5.92 Å². The number of rotatable bonds is 7. The van der Waals surface area contributed by atoms with E-state index in [9.17, 15) is 4.79 Å². The molecule has 1 aliphatic rings. The van der Waals surface area contributed by atoms with Gasteiger partial charge in [0, 0.05) is 29.9 Å². The summed E-state index contributed by atoms with van der Waals surface area (Å²) in [6.07, 6.45) is 11.3. The van der Waals surface area contributed by atoms with Gasteiger partial charge < -0.3 is 11.1 Å². The molecule has 1 saturated carbocycles. The molecule has 1 amide bonds. The second-order valence-corrected chi connectivity index (χ2v) is 7.83. The minimum atomic E-state index is -0.425. The number of nitrogens with two attached hydrogens (primary N) is 1. The quantitative estimate of drug-likeness (QED) is 0.700. The molecule has 1 heterocycles. The first-order valence-corrected chi connectivity index (χ1v) is 10.2. The Labute approximate surface area is 162 Å². The average molecular weight is 366 g/mol. The van der Waals surface area contributed by atoms with Gasteiger partial charge in [0.2, 0.25) is 5.91 Å². The van der Waals surface area contributed by atoms with Crippen molar-refractivity contribution in [3.63, 3.8) is 0 Å². The molecule has 3 rings (SSSR count). The topological polar surface area (TPSA) is 68.0 Å². The molecule has 1 aliphatic carbocycles. The number of pyridine rings is 1. The van der Waals surface area contributed by atoms with Gasteiger partial charge in [0.1, 0.15) is 0 Å². The van der Waals surface area contributed by atoms with Gasteiger partial charge in [-0.3, -0.25) is 9.78 Å². The Hall–Kier alpha value is -2.20. The highest BCUT2D eigenvalue weighted by atomic mass is 16.1. The van der Waals surface area contributed by atoms with E-state index in [0.29, 0.717) is 11.6 Å². The Morgan fingerprint density at radius 1 is 1.19 bits per heavy atom. The van der Waals surface area contributed by atoms with Gasteiger partial charge >= 0.3 is 0 Å².